The van der Waals surface area contributed by atoms with Crippen molar-refractivity contribution in [3.8, 4) is 0 Å². The molecule has 1 aliphatic heterocycles. The molecule has 0 unspecified atom stereocenters. The minimum absolute atomic E-state index is 0.0804. The molecule has 1 aliphatic rings. The van der Waals surface area contributed by atoms with Gasteiger partial charge in [0, 0.05) is 20.0 Å². The van der Waals surface area contributed by atoms with Crippen molar-refractivity contribution < 1.29 is 18.4 Å². The van der Waals surface area contributed by atoms with Gasteiger partial charge in [-0.05, 0) is 30.7 Å². The Morgan fingerprint density at radius 3 is 2.73 bits per heavy atom. The topological polar surface area (TPSA) is 49.4 Å². The predicted octanol–water partition coefficient (Wildman–Crippen LogP) is 2.33. The maximum Gasteiger partial charge on any atom is 0.240 e. The van der Waals surface area contributed by atoms with E-state index in [4.69, 9.17) is 0 Å². The second-order valence-electron chi connectivity index (χ2n) is 5.04. The monoisotopic (exact) mass is 328 g/mol. The van der Waals surface area contributed by atoms with Gasteiger partial charge in [0.25, 0.3) is 0 Å². The highest BCUT2D eigenvalue weighted by Crippen LogP contribution is 2.32. The van der Waals surface area contributed by atoms with Crippen LogP contribution < -0.4 is 10.2 Å². The first-order valence-electron chi connectivity index (χ1n) is 7.12. The lowest BCUT2D eigenvalue weighted by molar-refractivity contribution is -0.119. The average molecular weight is 328 g/mol. The Morgan fingerprint density at radius 1 is 1.41 bits per heavy atom. The van der Waals surface area contributed by atoms with Crippen LogP contribution in [0.15, 0.2) is 18.2 Å². The van der Waals surface area contributed by atoms with Crippen molar-refractivity contribution in [1.29, 1.82) is 0 Å². The number of anilines is 1. The van der Waals surface area contributed by atoms with Gasteiger partial charge in [-0.15, -0.1) is 11.8 Å². The molecule has 7 heteroatoms. The summed E-state index contributed by atoms with van der Waals surface area (Å²) in [5, 5.41) is 2.40. The molecule has 2 rings (SSSR count). The summed E-state index contributed by atoms with van der Waals surface area (Å²) < 4.78 is 27.5. The van der Waals surface area contributed by atoms with Crippen molar-refractivity contribution in [2.75, 3.05) is 23.7 Å². The second kappa shape index (κ2) is 7.58. The van der Waals surface area contributed by atoms with E-state index in [1.165, 1.54) is 29.7 Å². The Kier molecular flexibility index (Phi) is 5.76. The summed E-state index contributed by atoms with van der Waals surface area (Å²) in [6, 6.07) is 3.59. The van der Waals surface area contributed by atoms with Crippen LogP contribution in [0.3, 0.4) is 0 Å². The van der Waals surface area contributed by atoms with Gasteiger partial charge in [0.2, 0.25) is 11.8 Å². The maximum absolute atomic E-state index is 13.7. The van der Waals surface area contributed by atoms with Crippen LogP contribution in [0.2, 0.25) is 0 Å². The first-order valence-corrected chi connectivity index (χ1v) is 8.17. The molecule has 1 aromatic carbocycles. The van der Waals surface area contributed by atoms with Crippen LogP contribution in [0.5, 0.6) is 0 Å². The number of rotatable bonds is 6. The van der Waals surface area contributed by atoms with Gasteiger partial charge in [0.1, 0.15) is 17.3 Å². The molecule has 22 heavy (non-hydrogen) atoms. The summed E-state index contributed by atoms with van der Waals surface area (Å²) in [4.78, 5) is 24.2. The summed E-state index contributed by atoms with van der Waals surface area (Å²) in [5.41, 5.74) is -0.256. The van der Waals surface area contributed by atoms with Crippen LogP contribution in [-0.2, 0) is 9.59 Å². The van der Waals surface area contributed by atoms with Crippen LogP contribution in [0.4, 0.5) is 14.5 Å². The lowest BCUT2D eigenvalue weighted by atomic mass is 10.2. The van der Waals surface area contributed by atoms with E-state index in [0.717, 1.165) is 18.6 Å². The van der Waals surface area contributed by atoms with Crippen molar-refractivity contribution in [2.24, 2.45) is 0 Å². The molecule has 1 N–H and O–H groups in total. The molecular formula is C15H18F2N2O2S. The molecule has 0 radical (unpaired) electrons. The molecule has 0 spiro atoms. The van der Waals surface area contributed by atoms with E-state index in [1.807, 2.05) is 0 Å². The highest BCUT2D eigenvalue weighted by molar-refractivity contribution is 8.00. The molecule has 1 fully saturated rings. The van der Waals surface area contributed by atoms with E-state index in [0.29, 0.717) is 25.3 Å². The predicted molar refractivity (Wildman–Crippen MR) is 82.9 cm³/mol. The van der Waals surface area contributed by atoms with Crippen molar-refractivity contribution in [1.82, 2.24) is 5.32 Å². The zero-order chi connectivity index (χ0) is 16.1. The number of hydrogen-bond acceptors (Lipinski definition) is 3. The molecule has 0 aromatic heterocycles. The lowest BCUT2D eigenvalue weighted by Crippen LogP contribution is -2.30. The number of nitrogens with one attached hydrogen (secondary N) is 1. The van der Waals surface area contributed by atoms with E-state index >= 15 is 0 Å². The number of carbonyl (C=O) groups excluding carboxylic acids is 2. The average Bonchev–Trinajstić information content (AvgIpc) is 2.80. The fraction of sp³-hybridized carbons (Fsp3) is 0.467. The first kappa shape index (κ1) is 16.7. The summed E-state index contributed by atoms with van der Waals surface area (Å²) in [6.45, 7) is 2.34. The summed E-state index contributed by atoms with van der Waals surface area (Å²) in [5.74, 6) is -1.06. The molecule has 4 nitrogen and oxygen atoms in total. The highest BCUT2D eigenvalue weighted by atomic mass is 32.2. The highest BCUT2D eigenvalue weighted by Gasteiger charge is 2.35. The van der Waals surface area contributed by atoms with Crippen LogP contribution in [-0.4, -0.2) is 35.9 Å². The normalized spacial score (nSPS) is 17.9. The number of amides is 2. The minimum Gasteiger partial charge on any atom is -0.356 e. The molecule has 0 saturated carbocycles. The summed E-state index contributed by atoms with van der Waals surface area (Å²) in [7, 11) is 0. The standard InChI is InChI=1S/C15H18F2N2O2S/c1-10(20)18-7-3-9-22-13-6-8-19(15(13)21)14-11(16)4-2-5-12(14)17/h2,4-5,13H,3,6-9H2,1H3,(H,18,20)/t13-/m0/s1. The molecule has 2 amide bonds. The maximum atomic E-state index is 13.7. The van der Waals surface area contributed by atoms with Crippen LogP contribution >= 0.6 is 11.8 Å². The Bertz CT molecular complexity index is 548. The Morgan fingerprint density at radius 2 is 2.09 bits per heavy atom. The number of carbonyl (C=O) groups is 2. The van der Waals surface area contributed by atoms with Gasteiger partial charge < -0.3 is 10.2 Å². The number of nitrogens with zero attached hydrogens (tertiary/aromatic N) is 1. The zero-order valence-electron chi connectivity index (χ0n) is 12.3. The molecule has 1 heterocycles. The first-order chi connectivity index (χ1) is 10.5. The van der Waals surface area contributed by atoms with E-state index in [-0.39, 0.29) is 22.8 Å². The van der Waals surface area contributed by atoms with E-state index in [2.05, 4.69) is 5.32 Å². The zero-order valence-corrected chi connectivity index (χ0v) is 13.1. The largest absolute Gasteiger partial charge is 0.356 e. The van der Waals surface area contributed by atoms with Crippen molar-refractivity contribution in [3.05, 3.63) is 29.8 Å². The third-order valence-electron chi connectivity index (χ3n) is 3.38. The smallest absolute Gasteiger partial charge is 0.240 e. The molecule has 0 aliphatic carbocycles. The number of para-hydroxylation sites is 1. The van der Waals surface area contributed by atoms with Gasteiger partial charge in [0.15, 0.2) is 0 Å². The fourth-order valence-electron chi connectivity index (χ4n) is 2.34. The number of benzene rings is 1. The molecule has 1 saturated heterocycles. The number of thioether (sulfide) groups is 1. The van der Waals surface area contributed by atoms with E-state index in [1.54, 1.807) is 0 Å². The van der Waals surface area contributed by atoms with Crippen molar-refractivity contribution in [3.63, 3.8) is 0 Å². The van der Waals surface area contributed by atoms with Gasteiger partial charge in [-0.2, -0.15) is 0 Å². The molecule has 1 atom stereocenters. The summed E-state index contributed by atoms with van der Waals surface area (Å²) in [6.07, 6.45) is 1.32. The third-order valence-corrected chi connectivity index (χ3v) is 4.74. The number of hydrogen-bond donors (Lipinski definition) is 1. The Hall–Kier alpha value is -1.63. The Balaban J connectivity index is 1.89. The SMILES string of the molecule is CC(=O)NCCCS[C@H]1CCN(c2c(F)cccc2F)C1=O. The molecular weight excluding hydrogens is 310 g/mol. The van der Waals surface area contributed by atoms with Crippen molar-refractivity contribution >= 4 is 29.3 Å². The third kappa shape index (κ3) is 3.97. The quantitative estimate of drug-likeness (QED) is 0.816. The van der Waals surface area contributed by atoms with Gasteiger partial charge in [-0.3, -0.25) is 9.59 Å². The van der Waals surface area contributed by atoms with Crippen LogP contribution in [0.25, 0.3) is 0 Å². The molecule has 120 valence electrons. The van der Waals surface area contributed by atoms with Crippen molar-refractivity contribution in [2.45, 2.75) is 25.0 Å². The van der Waals surface area contributed by atoms with Crippen LogP contribution in [0.1, 0.15) is 19.8 Å². The minimum atomic E-state index is -0.718. The summed E-state index contributed by atoms with van der Waals surface area (Å²) >= 11 is 1.47. The Labute approximate surface area is 132 Å². The second-order valence-corrected chi connectivity index (χ2v) is 6.36. The fourth-order valence-corrected chi connectivity index (χ4v) is 3.48. The van der Waals surface area contributed by atoms with E-state index < -0.39 is 11.6 Å². The lowest BCUT2D eigenvalue weighted by Gasteiger charge is -2.18. The van der Waals surface area contributed by atoms with Gasteiger partial charge in [0.05, 0.1) is 5.25 Å². The van der Waals surface area contributed by atoms with Gasteiger partial charge >= 0.3 is 0 Å². The van der Waals surface area contributed by atoms with E-state index in [9.17, 15) is 18.4 Å². The molecule has 1 aromatic rings. The van der Waals surface area contributed by atoms with Crippen LogP contribution in [0, 0.1) is 11.6 Å². The molecule has 0 bridgehead atoms. The van der Waals surface area contributed by atoms with Gasteiger partial charge in [-0.1, -0.05) is 6.07 Å². The number of halogens is 2. The van der Waals surface area contributed by atoms with Gasteiger partial charge in [-0.25, -0.2) is 8.78 Å².